The van der Waals surface area contributed by atoms with Crippen LogP contribution in [0.3, 0.4) is 0 Å². The molecule has 1 aliphatic rings. The zero-order chi connectivity index (χ0) is 22.8. The molecule has 0 fully saturated rings. The Hall–Kier alpha value is -3.69. The standard InChI is InChI=1S/C24H22N4O4S/c29-24(22-14-20-3-1-2-11-28(20)27-22)25-15-17-4-6-18(7-5-17)16-26-33(30,31)21-8-9-23-19(13-21)10-12-32-23/h1-9,11,13-14,26H,10,12,15-16H2,(H,25,29). The number of fused-ring (bicyclic) bond motifs is 2. The van der Waals surface area contributed by atoms with E-state index in [0.717, 1.165) is 28.0 Å². The highest BCUT2D eigenvalue weighted by Crippen LogP contribution is 2.27. The lowest BCUT2D eigenvalue weighted by Crippen LogP contribution is -2.24. The summed E-state index contributed by atoms with van der Waals surface area (Å²) in [6.45, 7) is 1.10. The fourth-order valence-electron chi connectivity index (χ4n) is 3.69. The molecule has 3 heterocycles. The quantitative estimate of drug-likeness (QED) is 0.440. The van der Waals surface area contributed by atoms with Gasteiger partial charge >= 0.3 is 0 Å². The summed E-state index contributed by atoms with van der Waals surface area (Å²) < 4.78 is 35.0. The molecule has 2 N–H and O–H groups in total. The number of carbonyl (C=O) groups excluding carboxylic acids is 1. The van der Waals surface area contributed by atoms with Crippen LogP contribution in [0.15, 0.2) is 77.8 Å². The Labute approximate surface area is 191 Å². The van der Waals surface area contributed by atoms with Crippen LogP contribution in [-0.4, -0.2) is 30.5 Å². The smallest absolute Gasteiger partial charge is 0.272 e. The number of sulfonamides is 1. The number of pyridine rings is 1. The Morgan fingerprint density at radius 2 is 1.79 bits per heavy atom. The molecule has 4 aromatic rings. The second-order valence-electron chi connectivity index (χ2n) is 7.79. The van der Waals surface area contributed by atoms with Gasteiger partial charge in [-0.25, -0.2) is 17.7 Å². The Morgan fingerprint density at radius 3 is 2.58 bits per heavy atom. The lowest BCUT2D eigenvalue weighted by atomic mass is 10.1. The molecule has 0 atom stereocenters. The number of nitrogens with one attached hydrogen (secondary N) is 2. The molecule has 8 nitrogen and oxygen atoms in total. The van der Waals surface area contributed by atoms with E-state index in [1.165, 1.54) is 0 Å². The van der Waals surface area contributed by atoms with Crippen molar-refractivity contribution in [1.29, 1.82) is 0 Å². The molecule has 0 unspecified atom stereocenters. The summed E-state index contributed by atoms with van der Waals surface area (Å²) in [6, 6.07) is 19.7. The number of rotatable bonds is 7. The van der Waals surface area contributed by atoms with Crippen LogP contribution in [0.1, 0.15) is 27.2 Å². The number of aromatic nitrogens is 2. The summed E-state index contributed by atoms with van der Waals surface area (Å²) in [4.78, 5) is 12.6. The molecule has 5 rings (SSSR count). The van der Waals surface area contributed by atoms with Crippen LogP contribution in [0, 0.1) is 0 Å². The van der Waals surface area contributed by atoms with Gasteiger partial charge in [0.15, 0.2) is 5.69 Å². The normalized spacial score (nSPS) is 13.0. The molecule has 1 aliphatic heterocycles. The minimum atomic E-state index is -3.62. The average Bonchev–Trinajstić information content (AvgIpc) is 3.48. The Bertz CT molecular complexity index is 1400. The van der Waals surface area contributed by atoms with E-state index in [1.807, 2.05) is 42.5 Å². The third-order valence-corrected chi connectivity index (χ3v) is 6.92. The van der Waals surface area contributed by atoms with Gasteiger partial charge < -0.3 is 10.1 Å². The molecule has 0 saturated heterocycles. The van der Waals surface area contributed by atoms with Crippen LogP contribution < -0.4 is 14.8 Å². The highest BCUT2D eigenvalue weighted by molar-refractivity contribution is 7.89. The van der Waals surface area contributed by atoms with Crippen LogP contribution >= 0.6 is 0 Å². The van der Waals surface area contributed by atoms with E-state index in [2.05, 4.69) is 15.1 Å². The summed E-state index contributed by atoms with van der Waals surface area (Å²) >= 11 is 0. The van der Waals surface area contributed by atoms with Crippen LogP contribution in [0.5, 0.6) is 5.75 Å². The fraction of sp³-hybridized carbons (Fsp3) is 0.167. The molecule has 2 aromatic heterocycles. The second-order valence-corrected chi connectivity index (χ2v) is 9.56. The van der Waals surface area contributed by atoms with Crippen molar-refractivity contribution in [2.24, 2.45) is 0 Å². The lowest BCUT2D eigenvalue weighted by molar-refractivity contribution is 0.0945. The van der Waals surface area contributed by atoms with Gasteiger partial charge in [0.2, 0.25) is 10.0 Å². The highest BCUT2D eigenvalue weighted by Gasteiger charge is 2.19. The molecule has 9 heteroatoms. The maximum Gasteiger partial charge on any atom is 0.272 e. The summed E-state index contributed by atoms with van der Waals surface area (Å²) in [6.07, 6.45) is 2.51. The Kier molecular flexibility index (Phi) is 5.57. The van der Waals surface area contributed by atoms with Gasteiger partial charge in [-0.1, -0.05) is 30.3 Å². The number of ether oxygens (including phenoxy) is 1. The topological polar surface area (TPSA) is 102 Å². The van der Waals surface area contributed by atoms with E-state index in [0.29, 0.717) is 25.3 Å². The lowest BCUT2D eigenvalue weighted by Gasteiger charge is -2.09. The van der Waals surface area contributed by atoms with E-state index in [1.54, 1.807) is 35.0 Å². The molecule has 0 saturated carbocycles. The summed E-state index contributed by atoms with van der Waals surface area (Å²) in [5, 5.41) is 7.12. The summed E-state index contributed by atoms with van der Waals surface area (Å²) in [5.74, 6) is 0.494. The zero-order valence-corrected chi connectivity index (χ0v) is 18.5. The molecule has 33 heavy (non-hydrogen) atoms. The fourth-order valence-corrected chi connectivity index (χ4v) is 4.76. The van der Waals surface area contributed by atoms with E-state index in [-0.39, 0.29) is 17.3 Å². The third-order valence-electron chi connectivity index (χ3n) is 5.52. The van der Waals surface area contributed by atoms with Gasteiger partial charge in [-0.05, 0) is 53.1 Å². The average molecular weight is 463 g/mol. The molecular formula is C24H22N4O4S. The first-order valence-corrected chi connectivity index (χ1v) is 12.0. The van der Waals surface area contributed by atoms with Crippen molar-refractivity contribution in [3.05, 3.63) is 95.3 Å². The SMILES string of the molecule is O=C(NCc1ccc(CNS(=O)(=O)c2ccc3c(c2)CCO3)cc1)c1cc2ccccn2n1. The van der Waals surface area contributed by atoms with Crippen molar-refractivity contribution in [3.63, 3.8) is 0 Å². The molecule has 0 aliphatic carbocycles. The molecule has 0 bridgehead atoms. The predicted octanol–water partition coefficient (Wildman–Crippen LogP) is 2.68. The molecule has 0 radical (unpaired) electrons. The minimum Gasteiger partial charge on any atom is -0.493 e. The first-order valence-electron chi connectivity index (χ1n) is 10.5. The maximum atomic E-state index is 12.6. The predicted molar refractivity (Wildman–Crippen MR) is 122 cm³/mol. The van der Waals surface area contributed by atoms with Crippen LogP contribution in [0.2, 0.25) is 0 Å². The van der Waals surface area contributed by atoms with Gasteiger partial charge in [0.1, 0.15) is 5.75 Å². The van der Waals surface area contributed by atoms with E-state index < -0.39 is 10.0 Å². The van der Waals surface area contributed by atoms with E-state index in [9.17, 15) is 13.2 Å². The molecule has 2 aromatic carbocycles. The van der Waals surface area contributed by atoms with Gasteiger partial charge in [-0.15, -0.1) is 0 Å². The largest absolute Gasteiger partial charge is 0.493 e. The monoisotopic (exact) mass is 462 g/mol. The third kappa shape index (κ3) is 4.59. The van der Waals surface area contributed by atoms with Crippen molar-refractivity contribution in [2.75, 3.05) is 6.61 Å². The Morgan fingerprint density at radius 1 is 1.00 bits per heavy atom. The van der Waals surface area contributed by atoms with Crippen molar-refractivity contribution < 1.29 is 17.9 Å². The van der Waals surface area contributed by atoms with E-state index in [4.69, 9.17) is 4.74 Å². The summed E-state index contributed by atoms with van der Waals surface area (Å²) in [7, 11) is -3.62. The van der Waals surface area contributed by atoms with Crippen molar-refractivity contribution in [3.8, 4) is 5.75 Å². The number of carbonyl (C=O) groups is 1. The van der Waals surface area contributed by atoms with Crippen LogP contribution in [-0.2, 0) is 29.5 Å². The van der Waals surface area contributed by atoms with Crippen molar-refractivity contribution in [2.45, 2.75) is 24.4 Å². The van der Waals surface area contributed by atoms with Gasteiger partial charge in [0, 0.05) is 25.7 Å². The Balaban J connectivity index is 1.17. The van der Waals surface area contributed by atoms with Crippen LogP contribution in [0.4, 0.5) is 0 Å². The molecule has 0 spiro atoms. The van der Waals surface area contributed by atoms with Crippen molar-refractivity contribution in [1.82, 2.24) is 19.7 Å². The molecule has 1 amide bonds. The van der Waals surface area contributed by atoms with Gasteiger partial charge in [-0.2, -0.15) is 5.10 Å². The number of hydrogen-bond acceptors (Lipinski definition) is 5. The van der Waals surface area contributed by atoms with Gasteiger partial charge in [0.05, 0.1) is 17.0 Å². The number of benzene rings is 2. The van der Waals surface area contributed by atoms with Crippen LogP contribution in [0.25, 0.3) is 5.52 Å². The zero-order valence-electron chi connectivity index (χ0n) is 17.7. The number of amides is 1. The molecule has 168 valence electrons. The van der Waals surface area contributed by atoms with Crippen molar-refractivity contribution >= 4 is 21.4 Å². The highest BCUT2D eigenvalue weighted by atomic mass is 32.2. The second kappa shape index (κ2) is 8.68. The maximum absolute atomic E-state index is 12.6. The van der Waals surface area contributed by atoms with E-state index >= 15 is 0 Å². The molecular weight excluding hydrogens is 440 g/mol. The van der Waals surface area contributed by atoms with Gasteiger partial charge in [-0.3, -0.25) is 4.79 Å². The first-order chi connectivity index (χ1) is 16.0. The number of nitrogens with zero attached hydrogens (tertiary/aromatic N) is 2. The minimum absolute atomic E-state index is 0.170. The number of hydrogen-bond donors (Lipinski definition) is 2. The first kappa shape index (κ1) is 21.2. The summed E-state index contributed by atoms with van der Waals surface area (Å²) in [5.41, 5.74) is 3.83. The van der Waals surface area contributed by atoms with Gasteiger partial charge in [0.25, 0.3) is 5.91 Å².